The fourth-order valence-corrected chi connectivity index (χ4v) is 5.11. The van der Waals surface area contributed by atoms with Gasteiger partial charge in [-0.05, 0) is 48.6 Å². The highest BCUT2D eigenvalue weighted by molar-refractivity contribution is 6.15. The summed E-state index contributed by atoms with van der Waals surface area (Å²) in [4.78, 5) is 40.3. The molecule has 0 saturated carbocycles. The number of aryl methyl sites for hydroxylation is 1. The molecule has 9 nitrogen and oxygen atoms in total. The fourth-order valence-electron chi connectivity index (χ4n) is 5.11. The fraction of sp³-hybridized carbons (Fsp3) is 0.385. The summed E-state index contributed by atoms with van der Waals surface area (Å²) in [5.41, 5.74) is 4.98. The Morgan fingerprint density at radius 3 is 2.81 bits per heavy atom. The zero-order chi connectivity index (χ0) is 25.4. The van der Waals surface area contributed by atoms with E-state index in [1.165, 1.54) is 6.38 Å². The number of rotatable bonds is 4. The van der Waals surface area contributed by atoms with Gasteiger partial charge in [0.1, 0.15) is 17.2 Å². The van der Waals surface area contributed by atoms with Crippen LogP contribution in [-0.4, -0.2) is 58.5 Å². The van der Waals surface area contributed by atoms with Gasteiger partial charge >= 0.3 is 0 Å². The van der Waals surface area contributed by atoms with Gasteiger partial charge in [-0.1, -0.05) is 6.07 Å². The van der Waals surface area contributed by atoms with Crippen molar-refractivity contribution < 1.29 is 14.3 Å². The molecule has 6 rings (SSSR count). The Balaban J connectivity index is 0.00000130. The molecule has 1 fully saturated rings. The minimum Gasteiger partial charge on any atom is -0.381 e. The van der Waals surface area contributed by atoms with Gasteiger partial charge in [-0.3, -0.25) is 18.9 Å². The third-order valence-corrected chi connectivity index (χ3v) is 6.74. The summed E-state index contributed by atoms with van der Waals surface area (Å²) >= 11 is 4.64. The highest BCUT2D eigenvalue weighted by atomic mass is 35.5. The number of aromatic amines is 1. The van der Waals surface area contributed by atoms with E-state index in [0.717, 1.165) is 40.9 Å². The SMILES string of the molecule is CCl.COCc1cc2c(cc1C(=O)N1CCc3cc(C)cnc31)[nH]c(=O)c1cnc(C3CCOC3)n12. The smallest absolute Gasteiger partial charge is 0.274 e. The van der Waals surface area contributed by atoms with Crippen LogP contribution in [0.4, 0.5) is 5.82 Å². The van der Waals surface area contributed by atoms with Crippen LogP contribution in [0.1, 0.15) is 45.2 Å². The van der Waals surface area contributed by atoms with Crippen LogP contribution >= 0.6 is 11.6 Å². The molecule has 1 amide bonds. The van der Waals surface area contributed by atoms with E-state index in [-0.39, 0.29) is 24.0 Å². The number of hydrogen-bond acceptors (Lipinski definition) is 6. The normalized spacial score (nSPS) is 16.9. The molecule has 0 bridgehead atoms. The molecule has 36 heavy (non-hydrogen) atoms. The number of fused-ring (bicyclic) bond motifs is 4. The number of nitrogens with zero attached hydrogens (tertiary/aromatic N) is 4. The van der Waals surface area contributed by atoms with E-state index in [9.17, 15) is 9.59 Å². The number of pyridine rings is 1. The van der Waals surface area contributed by atoms with Gasteiger partial charge in [0.25, 0.3) is 11.5 Å². The number of carbonyl (C=O) groups excluding carboxylic acids is 1. The molecule has 1 atom stereocenters. The number of ether oxygens (including phenoxy) is 2. The molecule has 1 aromatic carbocycles. The lowest BCUT2D eigenvalue weighted by molar-refractivity contribution is 0.0984. The van der Waals surface area contributed by atoms with E-state index in [0.29, 0.717) is 42.2 Å². The second kappa shape index (κ2) is 10.0. The quantitative estimate of drug-likeness (QED) is 0.422. The van der Waals surface area contributed by atoms with E-state index in [1.54, 1.807) is 30.5 Å². The highest BCUT2D eigenvalue weighted by Crippen LogP contribution is 2.31. The summed E-state index contributed by atoms with van der Waals surface area (Å²) in [5, 5.41) is 0. The van der Waals surface area contributed by atoms with Crippen LogP contribution in [0.3, 0.4) is 0 Å². The predicted molar refractivity (Wildman–Crippen MR) is 138 cm³/mol. The molecule has 0 spiro atoms. The second-order valence-electron chi connectivity index (χ2n) is 9.01. The standard InChI is InChI=1S/C25H25N5O4.CH3Cl/c1-14-7-15-3-5-29(22(15)26-10-14)25(32)18-9-19-20(8-17(18)12-33-2)30-21(24(31)28-19)11-27-23(30)16-4-6-34-13-16;1-2/h7-11,16H,3-6,12-13H2,1-2H3,(H,28,31);1H3. The van der Waals surface area contributed by atoms with Crippen LogP contribution in [0.5, 0.6) is 0 Å². The first-order valence-electron chi connectivity index (χ1n) is 11.8. The summed E-state index contributed by atoms with van der Waals surface area (Å²) in [5.74, 6) is 1.47. The first kappa shape index (κ1) is 24.4. The van der Waals surface area contributed by atoms with Crippen molar-refractivity contribution in [3.05, 3.63) is 69.0 Å². The minimum absolute atomic E-state index is 0.121. The van der Waals surface area contributed by atoms with Crippen LogP contribution in [0.25, 0.3) is 16.6 Å². The molecule has 188 valence electrons. The number of aromatic nitrogens is 4. The molecule has 10 heteroatoms. The van der Waals surface area contributed by atoms with Crippen molar-refractivity contribution in [1.82, 2.24) is 19.4 Å². The Labute approximate surface area is 213 Å². The van der Waals surface area contributed by atoms with Gasteiger partial charge in [-0.25, -0.2) is 9.97 Å². The van der Waals surface area contributed by atoms with Gasteiger partial charge in [0.15, 0.2) is 0 Å². The van der Waals surface area contributed by atoms with Gasteiger partial charge in [-0.15, -0.1) is 11.6 Å². The third kappa shape index (κ3) is 4.07. The maximum Gasteiger partial charge on any atom is 0.274 e. The maximum absolute atomic E-state index is 13.7. The Morgan fingerprint density at radius 2 is 2.06 bits per heavy atom. The predicted octanol–water partition coefficient (Wildman–Crippen LogP) is 3.59. The number of halogens is 1. The van der Waals surface area contributed by atoms with Crippen molar-refractivity contribution >= 4 is 39.9 Å². The molecule has 2 aliphatic heterocycles. The van der Waals surface area contributed by atoms with Crippen LogP contribution in [0.2, 0.25) is 0 Å². The largest absolute Gasteiger partial charge is 0.381 e. The van der Waals surface area contributed by atoms with Gasteiger partial charge in [0, 0.05) is 44.3 Å². The third-order valence-electron chi connectivity index (χ3n) is 6.74. The molecule has 0 radical (unpaired) electrons. The number of hydrogen-bond donors (Lipinski definition) is 1. The van der Waals surface area contributed by atoms with E-state index >= 15 is 0 Å². The van der Waals surface area contributed by atoms with Crippen LogP contribution in [0, 0.1) is 6.92 Å². The van der Waals surface area contributed by atoms with Crippen molar-refractivity contribution in [2.45, 2.75) is 32.3 Å². The zero-order valence-electron chi connectivity index (χ0n) is 20.5. The first-order valence-corrected chi connectivity index (χ1v) is 12.6. The topological polar surface area (TPSA) is 102 Å². The average molecular weight is 510 g/mol. The van der Waals surface area contributed by atoms with E-state index in [4.69, 9.17) is 9.47 Å². The van der Waals surface area contributed by atoms with Crippen molar-refractivity contribution in [3.8, 4) is 0 Å². The number of nitrogens with one attached hydrogen (secondary N) is 1. The summed E-state index contributed by atoms with van der Waals surface area (Å²) < 4.78 is 12.9. The summed E-state index contributed by atoms with van der Waals surface area (Å²) in [6.45, 7) is 4.08. The van der Waals surface area contributed by atoms with Crippen molar-refractivity contribution in [3.63, 3.8) is 0 Å². The van der Waals surface area contributed by atoms with E-state index < -0.39 is 0 Å². The van der Waals surface area contributed by atoms with Crippen molar-refractivity contribution in [1.29, 1.82) is 0 Å². The van der Waals surface area contributed by atoms with Gasteiger partial charge in [0.05, 0.1) is 30.4 Å². The molecule has 2 aliphatic rings. The number of alkyl halides is 1. The number of amides is 1. The van der Waals surface area contributed by atoms with Gasteiger partial charge in [0.2, 0.25) is 0 Å². The Hall–Kier alpha value is -3.27. The van der Waals surface area contributed by atoms with Crippen LogP contribution in [-0.2, 0) is 22.5 Å². The Bertz CT molecular complexity index is 1510. The highest BCUT2D eigenvalue weighted by Gasteiger charge is 2.30. The van der Waals surface area contributed by atoms with Crippen molar-refractivity contribution in [2.75, 3.05) is 38.2 Å². The number of imidazole rings is 1. The number of carbonyl (C=O) groups is 1. The lowest BCUT2D eigenvalue weighted by Crippen LogP contribution is -2.30. The summed E-state index contributed by atoms with van der Waals surface area (Å²) in [7, 11) is 1.61. The molecule has 1 saturated heterocycles. The molecule has 3 aromatic heterocycles. The van der Waals surface area contributed by atoms with Crippen LogP contribution in [0.15, 0.2) is 35.4 Å². The lowest BCUT2D eigenvalue weighted by Gasteiger charge is -2.19. The minimum atomic E-state index is -0.244. The maximum atomic E-state index is 13.7. The average Bonchev–Trinajstić information content (AvgIpc) is 3.64. The molecule has 4 aromatic rings. The molecule has 5 heterocycles. The van der Waals surface area contributed by atoms with Gasteiger partial charge in [-0.2, -0.15) is 0 Å². The van der Waals surface area contributed by atoms with Crippen LogP contribution < -0.4 is 10.5 Å². The Morgan fingerprint density at radius 1 is 1.22 bits per heavy atom. The summed E-state index contributed by atoms with van der Waals surface area (Å²) in [6, 6.07) is 5.76. The first-order chi connectivity index (χ1) is 17.5. The van der Waals surface area contributed by atoms with E-state index in [1.807, 2.05) is 17.4 Å². The Kier molecular flexibility index (Phi) is 6.79. The van der Waals surface area contributed by atoms with E-state index in [2.05, 4.69) is 32.6 Å². The molecular weight excluding hydrogens is 482 g/mol. The molecule has 1 N–H and O–H groups in total. The zero-order valence-corrected chi connectivity index (χ0v) is 21.3. The number of methoxy groups -OCH3 is 1. The van der Waals surface area contributed by atoms with Crippen molar-refractivity contribution in [2.24, 2.45) is 0 Å². The number of H-pyrrole nitrogens is 1. The molecule has 1 unspecified atom stereocenters. The lowest BCUT2D eigenvalue weighted by atomic mass is 10.0. The number of anilines is 1. The second-order valence-corrected chi connectivity index (χ2v) is 9.01. The van der Waals surface area contributed by atoms with Gasteiger partial charge < -0.3 is 14.5 Å². The summed E-state index contributed by atoms with van der Waals surface area (Å²) in [6.07, 6.45) is 6.48. The monoisotopic (exact) mass is 509 g/mol. The number of benzene rings is 1. The molecule has 0 aliphatic carbocycles. The molecular formula is C26H28ClN5O4.